The van der Waals surface area contributed by atoms with Crippen molar-refractivity contribution < 1.29 is 29.0 Å². The predicted octanol–water partition coefficient (Wildman–Crippen LogP) is -0.143. The molecule has 76 valence electrons. The summed E-state index contributed by atoms with van der Waals surface area (Å²) in [5.41, 5.74) is 0. The van der Waals surface area contributed by atoms with Crippen LogP contribution in [0.5, 0.6) is 0 Å². The molecule has 0 aromatic rings. The number of rotatable bonds is 5. The molecule has 1 N–H and O–H groups in total. The van der Waals surface area contributed by atoms with Crippen molar-refractivity contribution in [3.63, 3.8) is 0 Å². The van der Waals surface area contributed by atoms with Gasteiger partial charge in [-0.1, -0.05) is 6.58 Å². The Morgan fingerprint density at radius 3 is 2.43 bits per heavy atom. The monoisotopic (exact) mass is 200 g/mol. The number of ether oxygens (including phenoxy) is 2. The van der Waals surface area contributed by atoms with Crippen molar-refractivity contribution in [1.29, 1.82) is 0 Å². The second kappa shape index (κ2) is 6.41. The van der Waals surface area contributed by atoms with E-state index in [1.54, 1.807) is 0 Å². The Balaban J connectivity index is 3.79. The van der Waals surface area contributed by atoms with E-state index in [1.165, 1.54) is 0 Å². The van der Waals surface area contributed by atoms with Gasteiger partial charge >= 0.3 is 17.9 Å². The third kappa shape index (κ3) is 6.59. The van der Waals surface area contributed by atoms with E-state index in [-0.39, 0.29) is 0 Å². The Labute approximate surface area is 79.4 Å². The van der Waals surface area contributed by atoms with Crippen molar-refractivity contribution in [2.75, 3.05) is 6.61 Å². The molecule has 0 heterocycles. The molecule has 0 atom stereocenters. The molecule has 0 radical (unpaired) electrons. The van der Waals surface area contributed by atoms with Gasteiger partial charge in [-0.25, -0.2) is 14.4 Å². The van der Waals surface area contributed by atoms with Crippen molar-refractivity contribution in [3.8, 4) is 0 Å². The van der Waals surface area contributed by atoms with E-state index in [2.05, 4.69) is 16.1 Å². The van der Waals surface area contributed by atoms with Gasteiger partial charge in [-0.3, -0.25) is 0 Å². The van der Waals surface area contributed by atoms with Gasteiger partial charge in [-0.2, -0.15) is 0 Å². The summed E-state index contributed by atoms with van der Waals surface area (Å²) in [5.74, 6) is -3.01. The summed E-state index contributed by atoms with van der Waals surface area (Å²) in [6.45, 7) is 2.52. The number of hydrogen-bond donors (Lipinski definition) is 1. The number of esters is 2. The van der Waals surface area contributed by atoms with Crippen LogP contribution in [0.15, 0.2) is 25.0 Å². The topological polar surface area (TPSA) is 89.9 Å². The van der Waals surface area contributed by atoms with Crippen molar-refractivity contribution in [2.24, 2.45) is 0 Å². The summed E-state index contributed by atoms with van der Waals surface area (Å²) in [5, 5.41) is 8.12. The minimum atomic E-state index is -1.28. The van der Waals surface area contributed by atoms with Gasteiger partial charge in [-0.15, -0.1) is 0 Å². The normalized spacial score (nSPS) is 9.43. The molecule has 0 spiro atoms. The molecule has 0 aromatic carbocycles. The van der Waals surface area contributed by atoms with E-state index < -0.39 is 24.5 Å². The van der Waals surface area contributed by atoms with Gasteiger partial charge in [0.1, 0.15) is 0 Å². The number of carbonyl (C=O) groups is 3. The lowest BCUT2D eigenvalue weighted by Crippen LogP contribution is -2.13. The lowest BCUT2D eigenvalue weighted by Gasteiger charge is -1.98. The minimum Gasteiger partial charge on any atom is -0.478 e. The summed E-state index contributed by atoms with van der Waals surface area (Å²) >= 11 is 0. The van der Waals surface area contributed by atoms with Crippen LogP contribution in [0, 0.1) is 0 Å². The van der Waals surface area contributed by atoms with Gasteiger partial charge in [0.15, 0.2) is 6.61 Å². The average Bonchev–Trinajstić information content (AvgIpc) is 2.12. The van der Waals surface area contributed by atoms with Crippen LogP contribution >= 0.6 is 0 Å². The lowest BCUT2D eigenvalue weighted by atomic mass is 10.5. The molecule has 0 unspecified atom stereocenters. The maximum atomic E-state index is 10.7. The molecule has 0 aliphatic carbocycles. The fraction of sp³-hybridized carbons (Fsp3) is 0.125. The van der Waals surface area contributed by atoms with Gasteiger partial charge in [0.25, 0.3) is 0 Å². The van der Waals surface area contributed by atoms with E-state index in [0.717, 1.165) is 6.26 Å². The quantitative estimate of drug-likeness (QED) is 0.377. The number of carboxylic acids is 1. The Morgan fingerprint density at radius 1 is 1.29 bits per heavy atom. The number of carbonyl (C=O) groups excluding carboxylic acids is 2. The van der Waals surface area contributed by atoms with Gasteiger partial charge in [0, 0.05) is 12.2 Å². The van der Waals surface area contributed by atoms with Crippen LogP contribution in [-0.4, -0.2) is 29.6 Å². The first-order valence-electron chi connectivity index (χ1n) is 3.44. The van der Waals surface area contributed by atoms with Crippen LogP contribution in [0.2, 0.25) is 0 Å². The highest BCUT2D eigenvalue weighted by Crippen LogP contribution is 1.85. The van der Waals surface area contributed by atoms with Crippen LogP contribution in [0.1, 0.15) is 0 Å². The Morgan fingerprint density at radius 2 is 1.93 bits per heavy atom. The van der Waals surface area contributed by atoms with Gasteiger partial charge in [0.05, 0.1) is 6.26 Å². The number of aliphatic carboxylic acids is 1. The summed E-state index contributed by atoms with van der Waals surface area (Å²) in [6, 6.07) is 0. The predicted molar refractivity (Wildman–Crippen MR) is 44.0 cm³/mol. The van der Waals surface area contributed by atoms with E-state index in [4.69, 9.17) is 5.11 Å². The minimum absolute atomic E-state index is 0.588. The first kappa shape index (κ1) is 11.9. The van der Waals surface area contributed by atoms with Crippen molar-refractivity contribution in [1.82, 2.24) is 0 Å². The molecule has 0 aliphatic heterocycles. The molecule has 0 rings (SSSR count). The molecule has 0 aromatic heterocycles. The fourth-order valence-electron chi connectivity index (χ4n) is 0.444. The zero-order valence-corrected chi connectivity index (χ0v) is 7.13. The first-order valence-corrected chi connectivity index (χ1v) is 3.44. The molecular formula is C8H8O6. The van der Waals surface area contributed by atoms with Crippen LogP contribution in [0.4, 0.5) is 0 Å². The number of hydrogen-bond acceptors (Lipinski definition) is 5. The van der Waals surface area contributed by atoms with Crippen molar-refractivity contribution >= 4 is 17.9 Å². The molecule has 0 fully saturated rings. The third-order valence-electron chi connectivity index (χ3n) is 0.909. The number of carboxylic acid groups (broad SMARTS) is 1. The second-order valence-electron chi connectivity index (χ2n) is 1.94. The average molecular weight is 200 g/mol. The molecule has 0 saturated heterocycles. The van der Waals surface area contributed by atoms with E-state index in [9.17, 15) is 14.4 Å². The summed E-state index contributed by atoms with van der Waals surface area (Å²) < 4.78 is 8.52. The highest BCUT2D eigenvalue weighted by atomic mass is 16.6. The van der Waals surface area contributed by atoms with Crippen LogP contribution in [-0.2, 0) is 23.9 Å². The Hall–Kier alpha value is -2.11. The molecule has 0 aliphatic rings. The third-order valence-corrected chi connectivity index (χ3v) is 0.909. The second-order valence-corrected chi connectivity index (χ2v) is 1.94. The highest BCUT2D eigenvalue weighted by Gasteiger charge is 2.04. The van der Waals surface area contributed by atoms with Crippen LogP contribution < -0.4 is 0 Å². The van der Waals surface area contributed by atoms with Crippen molar-refractivity contribution in [3.05, 3.63) is 25.0 Å². The van der Waals surface area contributed by atoms with Gasteiger partial charge in [0.2, 0.25) is 0 Å². The zero-order chi connectivity index (χ0) is 11.0. The summed E-state index contributed by atoms with van der Waals surface area (Å²) in [7, 11) is 0. The smallest absolute Gasteiger partial charge is 0.349 e. The largest absolute Gasteiger partial charge is 0.478 e. The standard InChI is InChI=1S/C8H8O6/c1-2-13-8(12)5-14-7(11)4-3-6(9)10/h2-4H,1,5H2,(H,9,10)/b4-3-. The summed E-state index contributed by atoms with van der Waals surface area (Å²) in [6.07, 6.45) is 2.17. The van der Waals surface area contributed by atoms with E-state index in [1.807, 2.05) is 0 Å². The fourth-order valence-corrected chi connectivity index (χ4v) is 0.444. The molecule has 6 nitrogen and oxygen atoms in total. The first-order chi connectivity index (χ1) is 6.56. The Bertz CT molecular complexity index is 278. The van der Waals surface area contributed by atoms with E-state index in [0.29, 0.717) is 12.2 Å². The van der Waals surface area contributed by atoms with E-state index >= 15 is 0 Å². The van der Waals surface area contributed by atoms with Gasteiger partial charge in [-0.05, 0) is 0 Å². The van der Waals surface area contributed by atoms with Crippen LogP contribution in [0.25, 0.3) is 0 Å². The Kier molecular flexibility index (Phi) is 5.44. The zero-order valence-electron chi connectivity index (χ0n) is 7.13. The van der Waals surface area contributed by atoms with Gasteiger partial charge < -0.3 is 14.6 Å². The molecule has 14 heavy (non-hydrogen) atoms. The maximum Gasteiger partial charge on any atom is 0.349 e. The molecular weight excluding hydrogens is 192 g/mol. The molecule has 0 bridgehead atoms. The highest BCUT2D eigenvalue weighted by molar-refractivity contribution is 5.91. The lowest BCUT2D eigenvalue weighted by molar-refractivity contribution is -0.152. The van der Waals surface area contributed by atoms with Crippen molar-refractivity contribution in [2.45, 2.75) is 0 Å². The summed E-state index contributed by atoms with van der Waals surface area (Å²) in [4.78, 5) is 31.2. The molecule has 6 heteroatoms. The maximum absolute atomic E-state index is 10.7. The van der Waals surface area contributed by atoms with Crippen LogP contribution in [0.3, 0.4) is 0 Å². The molecule has 0 saturated carbocycles. The SMILES string of the molecule is C=COC(=O)COC(=O)/C=C\C(=O)O. The molecule has 0 amide bonds.